The third kappa shape index (κ3) is 1.64. The van der Waals surface area contributed by atoms with Crippen molar-refractivity contribution in [2.75, 3.05) is 32.7 Å². The maximum atomic E-state index is 11.5. The summed E-state index contributed by atoms with van der Waals surface area (Å²) < 4.78 is 15.4. The van der Waals surface area contributed by atoms with Crippen molar-refractivity contribution in [1.29, 1.82) is 0 Å². The molecule has 5 nitrogen and oxygen atoms in total. The number of benzene rings is 1. The Labute approximate surface area is 93.3 Å². The number of anilines is 1. The van der Waals surface area contributed by atoms with Gasteiger partial charge in [0, 0.05) is 6.54 Å². The minimum atomic E-state index is -0.436. The molecule has 0 spiro atoms. The maximum absolute atomic E-state index is 11.5. The van der Waals surface area contributed by atoms with Gasteiger partial charge in [0.05, 0.1) is 19.9 Å². The van der Waals surface area contributed by atoms with Crippen LogP contribution in [0.2, 0.25) is 0 Å². The summed E-state index contributed by atoms with van der Waals surface area (Å²) in [5.74, 6) is 0.544. The molecule has 0 unspecified atom stereocenters. The van der Waals surface area contributed by atoms with Crippen molar-refractivity contribution < 1.29 is 19.0 Å². The Morgan fingerprint density at radius 3 is 2.94 bits per heavy atom. The van der Waals surface area contributed by atoms with Crippen molar-refractivity contribution in [2.24, 2.45) is 0 Å². The van der Waals surface area contributed by atoms with Gasteiger partial charge in [-0.1, -0.05) is 0 Å². The van der Waals surface area contributed by atoms with Crippen LogP contribution in [0, 0.1) is 0 Å². The van der Waals surface area contributed by atoms with Crippen LogP contribution in [-0.2, 0) is 4.74 Å². The average molecular weight is 223 g/mol. The second-order valence-corrected chi connectivity index (χ2v) is 3.29. The van der Waals surface area contributed by atoms with E-state index in [-0.39, 0.29) is 0 Å². The smallest absolute Gasteiger partial charge is 0.341 e. The predicted molar refractivity (Wildman–Crippen MR) is 58.3 cm³/mol. The van der Waals surface area contributed by atoms with Gasteiger partial charge in [-0.05, 0) is 12.1 Å². The van der Waals surface area contributed by atoms with Crippen molar-refractivity contribution in [3.63, 3.8) is 0 Å². The highest BCUT2D eigenvalue weighted by Crippen LogP contribution is 2.40. The number of ether oxygens (including phenoxy) is 3. The van der Waals surface area contributed by atoms with E-state index in [0.29, 0.717) is 23.7 Å². The van der Waals surface area contributed by atoms with E-state index in [0.717, 1.165) is 12.2 Å². The molecule has 0 amide bonds. The molecular weight excluding hydrogens is 210 g/mol. The van der Waals surface area contributed by atoms with Crippen LogP contribution in [0.25, 0.3) is 0 Å². The molecule has 1 heterocycles. The van der Waals surface area contributed by atoms with E-state index >= 15 is 0 Å². The van der Waals surface area contributed by atoms with E-state index in [1.54, 1.807) is 12.1 Å². The van der Waals surface area contributed by atoms with Crippen molar-refractivity contribution >= 4 is 11.7 Å². The van der Waals surface area contributed by atoms with Crippen LogP contribution in [-0.4, -0.2) is 33.3 Å². The fourth-order valence-corrected chi connectivity index (χ4v) is 1.66. The first kappa shape index (κ1) is 10.6. The standard InChI is InChI=1S/C11H13NO4/c1-14-9-7(11(13)15-2)3-4-8-10(9)16-6-5-12-8/h3-4,12H,5-6H2,1-2H3. The molecule has 0 bridgehead atoms. The average Bonchev–Trinajstić information content (AvgIpc) is 2.36. The monoisotopic (exact) mass is 223 g/mol. The number of hydrogen-bond donors (Lipinski definition) is 1. The number of hydrogen-bond acceptors (Lipinski definition) is 5. The fraction of sp³-hybridized carbons (Fsp3) is 0.364. The molecular formula is C11H13NO4. The molecule has 0 aliphatic carbocycles. The highest BCUT2D eigenvalue weighted by molar-refractivity contribution is 5.95. The van der Waals surface area contributed by atoms with E-state index in [2.05, 4.69) is 10.1 Å². The molecule has 1 N–H and O–H groups in total. The second kappa shape index (κ2) is 4.30. The number of nitrogens with one attached hydrogen (secondary N) is 1. The van der Waals surface area contributed by atoms with E-state index in [9.17, 15) is 4.79 Å². The summed E-state index contributed by atoms with van der Waals surface area (Å²) in [7, 11) is 2.83. The summed E-state index contributed by atoms with van der Waals surface area (Å²) in [6.07, 6.45) is 0. The minimum Gasteiger partial charge on any atom is -0.492 e. The molecule has 0 radical (unpaired) electrons. The first-order chi connectivity index (χ1) is 7.77. The molecule has 0 atom stereocenters. The molecule has 0 saturated carbocycles. The number of carbonyl (C=O) groups is 1. The summed E-state index contributed by atoms with van der Waals surface area (Å²) >= 11 is 0. The van der Waals surface area contributed by atoms with Crippen LogP contribution in [0.1, 0.15) is 10.4 Å². The van der Waals surface area contributed by atoms with Crippen molar-refractivity contribution in [2.45, 2.75) is 0 Å². The minimum absolute atomic E-state index is 0.368. The van der Waals surface area contributed by atoms with Crippen LogP contribution in [0.15, 0.2) is 12.1 Å². The largest absolute Gasteiger partial charge is 0.492 e. The van der Waals surface area contributed by atoms with E-state index in [1.807, 2.05) is 0 Å². The molecule has 0 fully saturated rings. The van der Waals surface area contributed by atoms with Gasteiger partial charge in [-0.2, -0.15) is 0 Å². The SMILES string of the molecule is COC(=O)c1ccc2c(c1OC)OCCN2. The zero-order chi connectivity index (χ0) is 11.5. The zero-order valence-electron chi connectivity index (χ0n) is 9.20. The highest BCUT2D eigenvalue weighted by atomic mass is 16.5. The molecule has 16 heavy (non-hydrogen) atoms. The molecule has 1 aromatic rings. The molecule has 0 saturated heterocycles. The third-order valence-corrected chi connectivity index (χ3v) is 2.39. The summed E-state index contributed by atoms with van der Waals surface area (Å²) in [5.41, 5.74) is 1.20. The van der Waals surface area contributed by atoms with E-state index in [4.69, 9.17) is 9.47 Å². The van der Waals surface area contributed by atoms with Gasteiger partial charge in [0.25, 0.3) is 0 Å². The molecule has 1 aliphatic heterocycles. The zero-order valence-corrected chi connectivity index (χ0v) is 9.20. The molecule has 2 rings (SSSR count). The number of fused-ring (bicyclic) bond motifs is 1. The van der Waals surface area contributed by atoms with Gasteiger partial charge in [0.2, 0.25) is 0 Å². The van der Waals surface area contributed by atoms with Crippen molar-refractivity contribution in [1.82, 2.24) is 0 Å². The van der Waals surface area contributed by atoms with Gasteiger partial charge in [0.15, 0.2) is 11.5 Å². The Bertz CT molecular complexity index is 417. The number of esters is 1. The van der Waals surface area contributed by atoms with Gasteiger partial charge < -0.3 is 19.5 Å². The molecule has 86 valence electrons. The van der Waals surface area contributed by atoms with Crippen molar-refractivity contribution in [3.05, 3.63) is 17.7 Å². The van der Waals surface area contributed by atoms with Crippen molar-refractivity contribution in [3.8, 4) is 11.5 Å². The number of carbonyl (C=O) groups excluding carboxylic acids is 1. The Kier molecular flexibility index (Phi) is 2.85. The number of methoxy groups -OCH3 is 2. The first-order valence-electron chi connectivity index (χ1n) is 4.94. The third-order valence-electron chi connectivity index (χ3n) is 2.39. The van der Waals surface area contributed by atoms with Gasteiger partial charge in [0.1, 0.15) is 12.2 Å². The topological polar surface area (TPSA) is 56.8 Å². The lowest BCUT2D eigenvalue weighted by atomic mass is 10.1. The van der Waals surface area contributed by atoms with Crippen LogP contribution in [0.5, 0.6) is 11.5 Å². The first-order valence-corrected chi connectivity index (χ1v) is 4.94. The highest BCUT2D eigenvalue weighted by Gasteiger charge is 2.22. The van der Waals surface area contributed by atoms with Crippen LogP contribution >= 0.6 is 0 Å². The summed E-state index contributed by atoms with van der Waals surface area (Å²) in [4.78, 5) is 11.5. The Morgan fingerprint density at radius 2 is 2.25 bits per heavy atom. The fourth-order valence-electron chi connectivity index (χ4n) is 1.66. The summed E-state index contributed by atoms with van der Waals surface area (Å²) in [6, 6.07) is 3.44. The molecule has 5 heteroatoms. The van der Waals surface area contributed by atoms with Gasteiger partial charge >= 0.3 is 5.97 Å². The Balaban J connectivity index is 2.51. The lowest BCUT2D eigenvalue weighted by Crippen LogP contribution is -2.19. The Hall–Kier alpha value is -1.91. The van der Waals surface area contributed by atoms with Gasteiger partial charge in [-0.25, -0.2) is 4.79 Å². The van der Waals surface area contributed by atoms with E-state index < -0.39 is 5.97 Å². The van der Waals surface area contributed by atoms with Gasteiger partial charge in [-0.3, -0.25) is 0 Å². The van der Waals surface area contributed by atoms with E-state index in [1.165, 1.54) is 14.2 Å². The van der Waals surface area contributed by atoms with Gasteiger partial charge in [-0.15, -0.1) is 0 Å². The predicted octanol–water partition coefficient (Wildman–Crippen LogP) is 1.29. The second-order valence-electron chi connectivity index (χ2n) is 3.29. The Morgan fingerprint density at radius 1 is 1.44 bits per heavy atom. The quantitative estimate of drug-likeness (QED) is 0.765. The normalized spacial score (nSPS) is 13.1. The lowest BCUT2D eigenvalue weighted by Gasteiger charge is -2.22. The lowest BCUT2D eigenvalue weighted by molar-refractivity contribution is 0.0596. The summed E-state index contributed by atoms with van der Waals surface area (Å²) in [5, 5.41) is 3.16. The maximum Gasteiger partial charge on any atom is 0.341 e. The van der Waals surface area contributed by atoms with Crippen LogP contribution < -0.4 is 14.8 Å². The number of rotatable bonds is 2. The van der Waals surface area contributed by atoms with Crippen LogP contribution in [0.4, 0.5) is 5.69 Å². The molecule has 1 aromatic carbocycles. The summed E-state index contributed by atoms with van der Waals surface area (Å²) in [6.45, 7) is 1.29. The molecule has 0 aromatic heterocycles. The van der Waals surface area contributed by atoms with Crippen LogP contribution in [0.3, 0.4) is 0 Å². The molecule has 1 aliphatic rings.